The second-order valence-corrected chi connectivity index (χ2v) is 3.37. The van der Waals surface area contributed by atoms with Crippen molar-refractivity contribution in [2.75, 3.05) is 6.61 Å². The van der Waals surface area contributed by atoms with Crippen LogP contribution in [-0.4, -0.2) is 12.8 Å². The fourth-order valence-corrected chi connectivity index (χ4v) is 1.33. The third-order valence-corrected chi connectivity index (χ3v) is 1.97. The number of alkyl halides is 3. The van der Waals surface area contributed by atoms with E-state index in [9.17, 15) is 17.6 Å². The van der Waals surface area contributed by atoms with Gasteiger partial charge in [0.25, 0.3) is 0 Å². The van der Waals surface area contributed by atoms with Gasteiger partial charge in [0, 0.05) is 5.56 Å². The zero-order valence-corrected chi connectivity index (χ0v) is 8.77. The molecule has 0 unspecified atom stereocenters. The van der Waals surface area contributed by atoms with Crippen molar-refractivity contribution in [3.8, 4) is 5.75 Å². The van der Waals surface area contributed by atoms with Crippen LogP contribution in [-0.2, 0) is 6.42 Å². The fraction of sp³-hybridized carbons (Fsp3) is 0.455. The van der Waals surface area contributed by atoms with E-state index >= 15 is 0 Å². The van der Waals surface area contributed by atoms with Gasteiger partial charge < -0.3 is 4.74 Å². The second kappa shape index (κ2) is 5.18. The lowest BCUT2D eigenvalue weighted by atomic mass is 10.1. The van der Waals surface area contributed by atoms with Gasteiger partial charge in [0.1, 0.15) is 11.6 Å². The number of hydrogen-bond donors (Lipinski definition) is 0. The Labute approximate surface area is 91.0 Å². The van der Waals surface area contributed by atoms with Crippen molar-refractivity contribution in [3.05, 3.63) is 29.6 Å². The smallest absolute Gasteiger partial charge is 0.422 e. The Kier molecular flexibility index (Phi) is 4.15. The van der Waals surface area contributed by atoms with Gasteiger partial charge in [0.05, 0.1) is 0 Å². The van der Waals surface area contributed by atoms with E-state index in [0.717, 1.165) is 0 Å². The van der Waals surface area contributed by atoms with Crippen LogP contribution in [0.15, 0.2) is 18.2 Å². The summed E-state index contributed by atoms with van der Waals surface area (Å²) in [6.45, 7) is 0.424. The van der Waals surface area contributed by atoms with Crippen LogP contribution in [0.3, 0.4) is 0 Å². The molecule has 1 aromatic rings. The summed E-state index contributed by atoms with van der Waals surface area (Å²) in [7, 11) is 0. The maximum Gasteiger partial charge on any atom is 0.422 e. The Balaban J connectivity index is 2.82. The highest BCUT2D eigenvalue weighted by atomic mass is 19.4. The lowest BCUT2D eigenvalue weighted by Gasteiger charge is -2.13. The largest absolute Gasteiger partial charge is 0.484 e. The molecule has 0 N–H and O–H groups in total. The highest BCUT2D eigenvalue weighted by Crippen LogP contribution is 2.25. The van der Waals surface area contributed by atoms with Gasteiger partial charge in [-0.15, -0.1) is 0 Å². The molecular weight excluding hydrogens is 224 g/mol. The third kappa shape index (κ3) is 3.72. The molecule has 16 heavy (non-hydrogen) atoms. The summed E-state index contributed by atoms with van der Waals surface area (Å²) in [4.78, 5) is 0. The van der Waals surface area contributed by atoms with E-state index in [2.05, 4.69) is 4.74 Å². The molecule has 0 amide bonds. The minimum absolute atomic E-state index is 0.0285. The van der Waals surface area contributed by atoms with Gasteiger partial charge >= 0.3 is 6.18 Å². The molecule has 1 aromatic carbocycles. The first-order valence-electron chi connectivity index (χ1n) is 4.91. The molecule has 1 rings (SSSR count). The topological polar surface area (TPSA) is 9.23 Å². The monoisotopic (exact) mass is 236 g/mol. The highest BCUT2D eigenvalue weighted by Gasteiger charge is 2.28. The lowest BCUT2D eigenvalue weighted by molar-refractivity contribution is -0.153. The van der Waals surface area contributed by atoms with Crippen LogP contribution in [0.4, 0.5) is 17.6 Å². The van der Waals surface area contributed by atoms with Crippen molar-refractivity contribution in [1.29, 1.82) is 0 Å². The summed E-state index contributed by atoms with van der Waals surface area (Å²) >= 11 is 0. The van der Waals surface area contributed by atoms with Gasteiger partial charge in [-0.25, -0.2) is 4.39 Å². The first-order valence-corrected chi connectivity index (χ1v) is 4.91. The van der Waals surface area contributed by atoms with E-state index in [-0.39, 0.29) is 11.3 Å². The van der Waals surface area contributed by atoms with Gasteiger partial charge in [-0.05, 0) is 18.6 Å². The van der Waals surface area contributed by atoms with Crippen molar-refractivity contribution in [3.63, 3.8) is 0 Å². The summed E-state index contributed by atoms with van der Waals surface area (Å²) in [5.74, 6) is -0.555. The van der Waals surface area contributed by atoms with Crippen LogP contribution in [0.5, 0.6) is 5.75 Å². The SMILES string of the molecule is CCCc1c(F)cccc1OCC(F)(F)F. The van der Waals surface area contributed by atoms with Crippen LogP contribution in [0.2, 0.25) is 0 Å². The van der Waals surface area contributed by atoms with E-state index < -0.39 is 18.6 Å². The highest BCUT2D eigenvalue weighted by molar-refractivity contribution is 5.34. The van der Waals surface area contributed by atoms with Gasteiger partial charge in [-0.2, -0.15) is 13.2 Å². The molecule has 0 spiro atoms. The number of halogens is 4. The predicted octanol–water partition coefficient (Wildman–Crippen LogP) is 3.72. The van der Waals surface area contributed by atoms with Crippen LogP contribution >= 0.6 is 0 Å². The average molecular weight is 236 g/mol. The molecule has 5 heteroatoms. The van der Waals surface area contributed by atoms with E-state index in [0.29, 0.717) is 12.8 Å². The standard InChI is InChI=1S/C11H12F4O/c1-2-4-8-9(12)5-3-6-10(8)16-7-11(13,14)15/h3,5-6H,2,4,7H2,1H3. The Hall–Kier alpha value is -1.26. The van der Waals surface area contributed by atoms with Gasteiger partial charge in [0.15, 0.2) is 6.61 Å². The Morgan fingerprint density at radius 3 is 2.50 bits per heavy atom. The van der Waals surface area contributed by atoms with E-state index in [4.69, 9.17) is 0 Å². The number of benzene rings is 1. The number of hydrogen-bond acceptors (Lipinski definition) is 1. The molecule has 0 heterocycles. The Morgan fingerprint density at radius 1 is 1.25 bits per heavy atom. The summed E-state index contributed by atoms with van der Waals surface area (Å²) < 4.78 is 53.7. The summed E-state index contributed by atoms with van der Waals surface area (Å²) in [5, 5.41) is 0. The van der Waals surface area contributed by atoms with E-state index in [1.165, 1.54) is 18.2 Å². The fourth-order valence-electron chi connectivity index (χ4n) is 1.33. The minimum Gasteiger partial charge on any atom is -0.484 e. The van der Waals surface area contributed by atoms with E-state index in [1.807, 2.05) is 6.92 Å². The molecule has 0 aromatic heterocycles. The maximum atomic E-state index is 13.3. The molecular formula is C11H12F4O. The molecule has 90 valence electrons. The first kappa shape index (κ1) is 12.8. The van der Waals surface area contributed by atoms with Crippen LogP contribution in [0.25, 0.3) is 0 Å². The number of rotatable bonds is 4. The summed E-state index contributed by atoms with van der Waals surface area (Å²) in [5.41, 5.74) is 0.203. The molecule has 0 fully saturated rings. The van der Waals surface area contributed by atoms with Crippen molar-refractivity contribution >= 4 is 0 Å². The predicted molar refractivity (Wildman–Crippen MR) is 51.9 cm³/mol. The molecule has 0 saturated heterocycles. The average Bonchev–Trinajstić information content (AvgIpc) is 2.18. The summed E-state index contributed by atoms with van der Waals surface area (Å²) in [6.07, 6.45) is -3.40. The molecule has 0 atom stereocenters. The molecule has 0 aliphatic carbocycles. The molecule has 0 aliphatic rings. The van der Waals surface area contributed by atoms with Gasteiger partial charge in [-0.1, -0.05) is 19.4 Å². The Bertz CT molecular complexity index is 346. The Morgan fingerprint density at radius 2 is 1.94 bits per heavy atom. The normalized spacial score (nSPS) is 11.6. The number of ether oxygens (including phenoxy) is 1. The molecule has 0 radical (unpaired) electrons. The molecule has 0 aliphatic heterocycles. The zero-order chi connectivity index (χ0) is 12.2. The third-order valence-electron chi connectivity index (χ3n) is 1.97. The lowest BCUT2D eigenvalue weighted by Crippen LogP contribution is -2.19. The van der Waals surface area contributed by atoms with Crippen LogP contribution in [0.1, 0.15) is 18.9 Å². The van der Waals surface area contributed by atoms with E-state index in [1.54, 1.807) is 0 Å². The van der Waals surface area contributed by atoms with Crippen LogP contribution < -0.4 is 4.74 Å². The maximum absolute atomic E-state index is 13.3. The summed E-state index contributed by atoms with van der Waals surface area (Å²) in [6, 6.07) is 3.89. The second-order valence-electron chi connectivity index (χ2n) is 3.37. The minimum atomic E-state index is -4.41. The quantitative estimate of drug-likeness (QED) is 0.724. The van der Waals surface area contributed by atoms with Crippen molar-refractivity contribution < 1.29 is 22.3 Å². The molecule has 0 saturated carbocycles. The van der Waals surface area contributed by atoms with Crippen molar-refractivity contribution in [2.24, 2.45) is 0 Å². The first-order chi connectivity index (χ1) is 7.44. The molecule has 0 bridgehead atoms. The van der Waals surface area contributed by atoms with Crippen LogP contribution in [0, 0.1) is 5.82 Å². The van der Waals surface area contributed by atoms with Crippen molar-refractivity contribution in [1.82, 2.24) is 0 Å². The van der Waals surface area contributed by atoms with Crippen molar-refractivity contribution in [2.45, 2.75) is 25.9 Å². The zero-order valence-electron chi connectivity index (χ0n) is 8.77. The molecule has 1 nitrogen and oxygen atoms in total. The van der Waals surface area contributed by atoms with Gasteiger partial charge in [0.2, 0.25) is 0 Å². The van der Waals surface area contributed by atoms with Gasteiger partial charge in [-0.3, -0.25) is 0 Å².